The van der Waals surface area contributed by atoms with Gasteiger partial charge in [-0.1, -0.05) is 64.2 Å². The number of aliphatic hydroxyl groups is 2. The molecular weight excluding hydrogens is 332 g/mol. The normalized spacial score (nSPS) is 42.9. The molecule has 0 heterocycles. The lowest BCUT2D eigenvalue weighted by Crippen LogP contribution is -2.44. The van der Waals surface area contributed by atoms with Crippen LogP contribution in [0.1, 0.15) is 109 Å². The Morgan fingerprint density at radius 1 is 0.556 bits per heavy atom. The average molecular weight is 377 g/mol. The smallest absolute Gasteiger partial charge is 0.0599 e. The molecule has 0 bridgehead atoms. The van der Waals surface area contributed by atoms with E-state index in [2.05, 4.69) is 0 Å². The minimum Gasteiger partial charge on any atom is -0.393 e. The molecule has 4 aliphatic carbocycles. The van der Waals surface area contributed by atoms with Crippen molar-refractivity contribution in [3.63, 3.8) is 0 Å². The Labute approximate surface area is 167 Å². The van der Waals surface area contributed by atoms with Gasteiger partial charge in [0.2, 0.25) is 0 Å². The number of hydrogen-bond donors (Lipinski definition) is 2. The molecule has 2 heteroatoms. The van der Waals surface area contributed by atoms with Crippen molar-refractivity contribution in [2.24, 2.45) is 35.5 Å². The Morgan fingerprint density at radius 3 is 1.78 bits per heavy atom. The predicted molar refractivity (Wildman–Crippen MR) is 111 cm³/mol. The summed E-state index contributed by atoms with van der Waals surface area (Å²) >= 11 is 0. The summed E-state index contributed by atoms with van der Waals surface area (Å²) in [5.74, 6) is 4.52. The molecule has 0 saturated heterocycles. The lowest BCUT2D eigenvalue weighted by Gasteiger charge is -2.47. The lowest BCUT2D eigenvalue weighted by molar-refractivity contribution is -0.0592. The summed E-state index contributed by atoms with van der Waals surface area (Å²) < 4.78 is 0. The maximum atomic E-state index is 11.4. The third-order valence-electron chi connectivity index (χ3n) is 9.13. The Bertz CT molecular complexity index is 430. The van der Waals surface area contributed by atoms with Crippen molar-refractivity contribution >= 4 is 0 Å². The van der Waals surface area contributed by atoms with E-state index in [0.717, 1.165) is 36.5 Å². The van der Waals surface area contributed by atoms with E-state index in [-0.39, 0.29) is 12.2 Å². The van der Waals surface area contributed by atoms with Crippen LogP contribution in [-0.2, 0) is 0 Å². The molecular formula is C25H44O2. The van der Waals surface area contributed by atoms with Crippen LogP contribution in [0.4, 0.5) is 0 Å². The van der Waals surface area contributed by atoms with Gasteiger partial charge in [0.15, 0.2) is 0 Å². The zero-order chi connectivity index (χ0) is 18.6. The molecule has 0 aromatic heterocycles. The first kappa shape index (κ1) is 20.2. The van der Waals surface area contributed by atoms with Crippen LogP contribution in [-0.4, -0.2) is 22.4 Å². The molecule has 2 nitrogen and oxygen atoms in total. The van der Waals surface area contributed by atoms with E-state index in [1.165, 1.54) is 96.3 Å². The predicted octanol–water partition coefficient (Wildman–Crippen LogP) is 6.09. The molecule has 27 heavy (non-hydrogen) atoms. The average Bonchev–Trinajstić information content (AvgIpc) is 2.72. The summed E-state index contributed by atoms with van der Waals surface area (Å²) in [4.78, 5) is 0. The van der Waals surface area contributed by atoms with Crippen molar-refractivity contribution in [1.29, 1.82) is 0 Å². The Hall–Kier alpha value is -0.0800. The van der Waals surface area contributed by atoms with Gasteiger partial charge in [0.25, 0.3) is 0 Å². The molecule has 4 atom stereocenters. The van der Waals surface area contributed by atoms with Gasteiger partial charge in [0, 0.05) is 0 Å². The van der Waals surface area contributed by atoms with Gasteiger partial charge in [0.05, 0.1) is 12.2 Å². The Kier molecular flexibility index (Phi) is 7.19. The van der Waals surface area contributed by atoms with Crippen molar-refractivity contribution in [3.8, 4) is 0 Å². The van der Waals surface area contributed by atoms with Crippen LogP contribution in [0, 0.1) is 35.5 Å². The highest BCUT2D eigenvalue weighted by Gasteiger charge is 2.43. The maximum Gasteiger partial charge on any atom is 0.0599 e. The van der Waals surface area contributed by atoms with Gasteiger partial charge >= 0.3 is 0 Å². The standard InChI is InChI=1S/C25H44O2/c26-23-13-11-18(12-14-23)15-22-16-21(19-7-3-1-4-8-19)17-24(25(22)27)20-9-5-2-6-10-20/h18-27H,1-17H2. The zero-order valence-corrected chi connectivity index (χ0v) is 17.5. The van der Waals surface area contributed by atoms with Crippen LogP contribution in [0.5, 0.6) is 0 Å². The van der Waals surface area contributed by atoms with Gasteiger partial charge in [-0.15, -0.1) is 0 Å². The summed E-state index contributed by atoms with van der Waals surface area (Å²) in [6, 6.07) is 0. The summed E-state index contributed by atoms with van der Waals surface area (Å²) in [6.45, 7) is 0. The fourth-order valence-electron chi connectivity index (χ4n) is 7.53. The first-order valence-electron chi connectivity index (χ1n) is 12.6. The molecule has 0 aromatic carbocycles. The van der Waals surface area contributed by atoms with E-state index in [9.17, 15) is 10.2 Å². The SMILES string of the molecule is OC1CCC(CC2CC(C3CCCCC3)CC(C3CCCCC3)C2O)CC1. The van der Waals surface area contributed by atoms with Gasteiger partial charge in [0.1, 0.15) is 0 Å². The van der Waals surface area contributed by atoms with Crippen molar-refractivity contribution in [2.75, 3.05) is 0 Å². The molecule has 0 aliphatic heterocycles. The molecule has 0 aromatic rings. The van der Waals surface area contributed by atoms with Gasteiger partial charge < -0.3 is 10.2 Å². The lowest BCUT2D eigenvalue weighted by atomic mass is 9.60. The van der Waals surface area contributed by atoms with Crippen LogP contribution < -0.4 is 0 Å². The molecule has 4 saturated carbocycles. The minimum atomic E-state index is -0.0532. The second-order valence-electron chi connectivity index (χ2n) is 10.9. The molecule has 4 rings (SSSR count). The van der Waals surface area contributed by atoms with Crippen LogP contribution in [0.25, 0.3) is 0 Å². The van der Waals surface area contributed by atoms with E-state index in [0.29, 0.717) is 11.8 Å². The first-order chi connectivity index (χ1) is 13.2. The highest BCUT2D eigenvalue weighted by atomic mass is 16.3. The molecule has 4 aliphatic rings. The highest BCUT2D eigenvalue weighted by molar-refractivity contribution is 4.93. The van der Waals surface area contributed by atoms with E-state index >= 15 is 0 Å². The summed E-state index contributed by atoms with van der Waals surface area (Å²) in [7, 11) is 0. The molecule has 0 radical (unpaired) electrons. The molecule has 4 unspecified atom stereocenters. The van der Waals surface area contributed by atoms with Crippen LogP contribution in [0.2, 0.25) is 0 Å². The monoisotopic (exact) mass is 376 g/mol. The van der Waals surface area contributed by atoms with Gasteiger partial charge in [-0.2, -0.15) is 0 Å². The summed E-state index contributed by atoms with van der Waals surface area (Å²) in [5.41, 5.74) is 0. The van der Waals surface area contributed by atoms with Gasteiger partial charge in [-0.3, -0.25) is 0 Å². The molecule has 4 fully saturated rings. The number of rotatable bonds is 4. The number of aliphatic hydroxyl groups excluding tert-OH is 2. The van der Waals surface area contributed by atoms with Crippen LogP contribution in [0.15, 0.2) is 0 Å². The second-order valence-corrected chi connectivity index (χ2v) is 10.9. The minimum absolute atomic E-state index is 0.0419. The van der Waals surface area contributed by atoms with E-state index < -0.39 is 0 Å². The topological polar surface area (TPSA) is 40.5 Å². The van der Waals surface area contributed by atoms with Crippen molar-refractivity contribution in [3.05, 3.63) is 0 Å². The fraction of sp³-hybridized carbons (Fsp3) is 1.00. The molecule has 0 spiro atoms. The quantitative estimate of drug-likeness (QED) is 0.623. The van der Waals surface area contributed by atoms with E-state index in [4.69, 9.17) is 0 Å². The fourth-order valence-corrected chi connectivity index (χ4v) is 7.53. The molecule has 2 N–H and O–H groups in total. The Morgan fingerprint density at radius 2 is 1.15 bits per heavy atom. The highest BCUT2D eigenvalue weighted by Crippen LogP contribution is 2.49. The number of hydrogen-bond acceptors (Lipinski definition) is 2. The van der Waals surface area contributed by atoms with Crippen molar-refractivity contribution in [1.82, 2.24) is 0 Å². The molecule has 156 valence electrons. The van der Waals surface area contributed by atoms with Crippen molar-refractivity contribution < 1.29 is 10.2 Å². The van der Waals surface area contributed by atoms with E-state index in [1.54, 1.807) is 0 Å². The van der Waals surface area contributed by atoms with Crippen LogP contribution >= 0.6 is 0 Å². The zero-order valence-electron chi connectivity index (χ0n) is 17.5. The molecule has 0 amide bonds. The Balaban J connectivity index is 1.44. The maximum absolute atomic E-state index is 11.4. The largest absolute Gasteiger partial charge is 0.393 e. The summed E-state index contributed by atoms with van der Waals surface area (Å²) in [5, 5.41) is 21.3. The van der Waals surface area contributed by atoms with Gasteiger partial charge in [-0.05, 0) is 80.5 Å². The van der Waals surface area contributed by atoms with E-state index in [1.807, 2.05) is 0 Å². The third kappa shape index (κ3) is 5.10. The van der Waals surface area contributed by atoms with Crippen molar-refractivity contribution in [2.45, 2.75) is 121 Å². The second kappa shape index (κ2) is 9.61. The van der Waals surface area contributed by atoms with Crippen LogP contribution in [0.3, 0.4) is 0 Å². The third-order valence-corrected chi connectivity index (χ3v) is 9.13. The first-order valence-corrected chi connectivity index (χ1v) is 12.6. The van der Waals surface area contributed by atoms with Gasteiger partial charge in [-0.25, -0.2) is 0 Å². The summed E-state index contributed by atoms with van der Waals surface area (Å²) in [6.07, 6.45) is 22.4.